The zero-order chi connectivity index (χ0) is 26.1. The molecule has 0 unspecified atom stereocenters. The van der Waals surface area contributed by atoms with Gasteiger partial charge in [0, 0.05) is 28.3 Å². The number of carboxylic acids is 1. The van der Waals surface area contributed by atoms with E-state index in [1.165, 1.54) is 25.8 Å². The molecule has 0 aliphatic carbocycles. The molecule has 0 fully saturated rings. The zero-order valence-corrected chi connectivity index (χ0v) is 20.8. The molecule has 0 heterocycles. The van der Waals surface area contributed by atoms with Crippen molar-refractivity contribution in [2.45, 2.75) is 17.1 Å². The van der Waals surface area contributed by atoms with Crippen LogP contribution in [0.2, 0.25) is 0 Å². The maximum absolute atomic E-state index is 13.4. The molecular formula is C27H26N2O6S. The van der Waals surface area contributed by atoms with Crippen LogP contribution >= 0.6 is 11.8 Å². The van der Waals surface area contributed by atoms with E-state index < -0.39 is 17.1 Å². The van der Waals surface area contributed by atoms with Crippen LogP contribution in [-0.2, 0) is 14.4 Å². The van der Waals surface area contributed by atoms with Crippen molar-refractivity contribution in [3.63, 3.8) is 0 Å². The highest BCUT2D eigenvalue weighted by Crippen LogP contribution is 2.38. The Morgan fingerprint density at radius 3 is 2.22 bits per heavy atom. The Kier molecular flexibility index (Phi) is 9.13. The first kappa shape index (κ1) is 26.4. The molecule has 0 aliphatic rings. The third kappa shape index (κ3) is 7.13. The number of amides is 2. The fourth-order valence-electron chi connectivity index (χ4n) is 3.20. The number of rotatable bonds is 10. The zero-order valence-electron chi connectivity index (χ0n) is 20.0. The summed E-state index contributed by atoms with van der Waals surface area (Å²) in [7, 11) is 3.08. The van der Waals surface area contributed by atoms with Crippen LogP contribution in [0.4, 0.5) is 11.4 Å². The third-order valence-electron chi connectivity index (χ3n) is 5.07. The van der Waals surface area contributed by atoms with Gasteiger partial charge in [0.2, 0.25) is 11.8 Å². The van der Waals surface area contributed by atoms with Gasteiger partial charge in [0.15, 0.2) is 0 Å². The quantitative estimate of drug-likeness (QED) is 0.258. The van der Waals surface area contributed by atoms with E-state index in [0.717, 1.165) is 16.5 Å². The van der Waals surface area contributed by atoms with Crippen molar-refractivity contribution in [1.29, 1.82) is 0 Å². The molecule has 2 amide bonds. The largest absolute Gasteiger partial charge is 0.497 e. The molecule has 3 rings (SSSR count). The van der Waals surface area contributed by atoms with Crippen LogP contribution < -0.4 is 20.1 Å². The summed E-state index contributed by atoms with van der Waals surface area (Å²) in [6.07, 6.45) is 1.02. The van der Waals surface area contributed by atoms with Gasteiger partial charge in [-0.3, -0.25) is 9.59 Å². The lowest BCUT2D eigenvalue weighted by Gasteiger charge is -2.19. The molecule has 0 radical (unpaired) electrons. The summed E-state index contributed by atoms with van der Waals surface area (Å²) in [6.45, 7) is 1.34. The van der Waals surface area contributed by atoms with Crippen molar-refractivity contribution in [3.05, 3.63) is 90.0 Å². The number of methoxy groups -OCH3 is 2. The monoisotopic (exact) mass is 506 g/mol. The number of hydrogen-bond acceptors (Lipinski definition) is 6. The predicted octanol–water partition coefficient (Wildman–Crippen LogP) is 5.15. The second-order valence-electron chi connectivity index (χ2n) is 7.61. The minimum absolute atomic E-state index is 0.0657. The van der Waals surface area contributed by atoms with E-state index in [1.54, 1.807) is 49.6 Å². The average molecular weight is 507 g/mol. The molecule has 1 atom stereocenters. The van der Waals surface area contributed by atoms with Gasteiger partial charge >= 0.3 is 5.97 Å². The maximum atomic E-state index is 13.4. The Morgan fingerprint density at radius 1 is 0.917 bits per heavy atom. The van der Waals surface area contributed by atoms with E-state index in [1.807, 2.05) is 30.3 Å². The molecule has 0 saturated heterocycles. The molecule has 0 spiro atoms. The lowest BCUT2D eigenvalue weighted by molar-refractivity contribution is -0.132. The molecule has 3 aromatic carbocycles. The van der Waals surface area contributed by atoms with Crippen LogP contribution in [0.3, 0.4) is 0 Å². The van der Waals surface area contributed by atoms with Crippen molar-refractivity contribution in [1.82, 2.24) is 0 Å². The van der Waals surface area contributed by atoms with Crippen LogP contribution in [0.15, 0.2) is 89.3 Å². The van der Waals surface area contributed by atoms with Gasteiger partial charge in [-0.2, -0.15) is 0 Å². The Labute approximate surface area is 213 Å². The van der Waals surface area contributed by atoms with Crippen molar-refractivity contribution in [2.24, 2.45) is 0 Å². The minimum atomic E-state index is -1.16. The summed E-state index contributed by atoms with van der Waals surface area (Å²) < 4.78 is 10.7. The SMILES string of the molecule is COc1ccc(OC)c(NC(=O)[C@H](Sc2ccc(NC(=O)/C=C(\C)C(=O)O)cc2)c2ccccc2)c1. The summed E-state index contributed by atoms with van der Waals surface area (Å²) in [5, 5.41) is 13.9. The van der Waals surface area contributed by atoms with Gasteiger partial charge < -0.3 is 25.2 Å². The molecule has 0 aliphatic heterocycles. The van der Waals surface area contributed by atoms with Gasteiger partial charge in [0.25, 0.3) is 0 Å². The Balaban J connectivity index is 1.80. The van der Waals surface area contributed by atoms with E-state index in [-0.39, 0.29) is 11.5 Å². The second-order valence-corrected chi connectivity index (χ2v) is 8.79. The molecule has 186 valence electrons. The van der Waals surface area contributed by atoms with E-state index in [4.69, 9.17) is 14.6 Å². The number of carbonyl (C=O) groups is 3. The topological polar surface area (TPSA) is 114 Å². The van der Waals surface area contributed by atoms with Gasteiger partial charge in [0.05, 0.1) is 19.9 Å². The maximum Gasteiger partial charge on any atom is 0.331 e. The summed E-state index contributed by atoms with van der Waals surface area (Å²) in [5.74, 6) is -0.850. The van der Waals surface area contributed by atoms with Gasteiger partial charge in [-0.15, -0.1) is 11.8 Å². The Morgan fingerprint density at radius 2 is 1.61 bits per heavy atom. The first-order chi connectivity index (χ1) is 17.3. The number of thioether (sulfide) groups is 1. The molecule has 8 nitrogen and oxygen atoms in total. The molecule has 36 heavy (non-hydrogen) atoms. The molecule has 0 saturated carbocycles. The van der Waals surface area contributed by atoms with E-state index in [2.05, 4.69) is 10.6 Å². The number of aliphatic carboxylic acids is 1. The first-order valence-corrected chi connectivity index (χ1v) is 11.8. The highest BCUT2D eigenvalue weighted by molar-refractivity contribution is 8.00. The molecule has 9 heteroatoms. The van der Waals surface area contributed by atoms with Gasteiger partial charge in [0.1, 0.15) is 16.7 Å². The number of anilines is 2. The van der Waals surface area contributed by atoms with E-state index >= 15 is 0 Å². The second kappa shape index (κ2) is 12.5. The lowest BCUT2D eigenvalue weighted by Crippen LogP contribution is -2.19. The number of benzene rings is 3. The standard InChI is InChI=1S/C27H26N2O6S/c1-17(27(32)33)15-24(30)28-19-9-12-21(13-10-19)36-25(18-7-5-4-6-8-18)26(31)29-22-16-20(34-2)11-14-23(22)35-3/h4-16,25H,1-3H3,(H,28,30)(H,29,31)(H,32,33)/b17-15+/t25-/m1/s1. The third-order valence-corrected chi connectivity index (χ3v) is 6.33. The smallest absolute Gasteiger partial charge is 0.331 e. The number of nitrogens with one attached hydrogen (secondary N) is 2. The molecule has 0 aromatic heterocycles. The van der Waals surface area contributed by atoms with Crippen LogP contribution in [0.5, 0.6) is 11.5 Å². The van der Waals surface area contributed by atoms with Crippen molar-refractivity contribution in [2.75, 3.05) is 24.9 Å². The van der Waals surface area contributed by atoms with Crippen molar-refractivity contribution in [3.8, 4) is 11.5 Å². The van der Waals surface area contributed by atoms with Crippen molar-refractivity contribution < 1.29 is 29.0 Å². The Bertz CT molecular complexity index is 1260. The number of carboxylic acid groups (broad SMARTS) is 1. The van der Waals surface area contributed by atoms with Crippen LogP contribution in [-0.4, -0.2) is 37.1 Å². The number of carbonyl (C=O) groups excluding carboxylic acids is 2. The first-order valence-electron chi connectivity index (χ1n) is 10.9. The van der Waals surface area contributed by atoms with Gasteiger partial charge in [-0.25, -0.2) is 4.79 Å². The summed E-state index contributed by atoms with van der Waals surface area (Å²) >= 11 is 1.35. The minimum Gasteiger partial charge on any atom is -0.497 e. The highest BCUT2D eigenvalue weighted by Gasteiger charge is 2.23. The summed E-state index contributed by atoms with van der Waals surface area (Å²) in [4.78, 5) is 37.1. The van der Waals surface area contributed by atoms with Gasteiger partial charge in [-0.05, 0) is 48.9 Å². The normalized spacial score (nSPS) is 11.8. The molecule has 3 N–H and O–H groups in total. The van der Waals surface area contributed by atoms with Crippen LogP contribution in [0.25, 0.3) is 0 Å². The summed E-state index contributed by atoms with van der Waals surface area (Å²) in [6, 6.07) is 21.5. The summed E-state index contributed by atoms with van der Waals surface area (Å²) in [5.41, 5.74) is 1.74. The predicted molar refractivity (Wildman–Crippen MR) is 140 cm³/mol. The Hall–Kier alpha value is -4.24. The molecular weight excluding hydrogens is 480 g/mol. The fourth-order valence-corrected chi connectivity index (χ4v) is 4.22. The average Bonchev–Trinajstić information content (AvgIpc) is 2.88. The van der Waals surface area contributed by atoms with Crippen molar-refractivity contribution >= 4 is 40.9 Å². The van der Waals surface area contributed by atoms with E-state index in [9.17, 15) is 14.4 Å². The number of hydrogen-bond donors (Lipinski definition) is 3. The number of ether oxygens (including phenoxy) is 2. The van der Waals surface area contributed by atoms with Crippen LogP contribution in [0.1, 0.15) is 17.7 Å². The molecule has 0 bridgehead atoms. The fraction of sp³-hybridized carbons (Fsp3) is 0.148. The van der Waals surface area contributed by atoms with Gasteiger partial charge in [-0.1, -0.05) is 30.3 Å². The molecule has 3 aromatic rings. The van der Waals surface area contributed by atoms with E-state index in [0.29, 0.717) is 22.9 Å². The van der Waals surface area contributed by atoms with Crippen LogP contribution in [0, 0.1) is 0 Å². The lowest BCUT2D eigenvalue weighted by atomic mass is 10.1. The highest BCUT2D eigenvalue weighted by atomic mass is 32.2.